The van der Waals surface area contributed by atoms with Crippen LogP contribution in [0.4, 0.5) is 5.13 Å². The van der Waals surface area contributed by atoms with Gasteiger partial charge in [-0.1, -0.05) is 0 Å². The standard InChI is InChI=1S/C11H21N3OS/c1-5-12-11-13-6-10(16-11)7-14(3)9(2)8-15-4/h6,9H,5,7-8H2,1-4H3,(H,12,13). The topological polar surface area (TPSA) is 37.4 Å². The molecular formula is C11H21N3OS. The van der Waals surface area contributed by atoms with Crippen LogP contribution in [0.2, 0.25) is 0 Å². The van der Waals surface area contributed by atoms with E-state index in [1.54, 1.807) is 18.4 Å². The summed E-state index contributed by atoms with van der Waals surface area (Å²) in [6.45, 7) is 6.84. The lowest BCUT2D eigenvalue weighted by Gasteiger charge is -2.22. The minimum atomic E-state index is 0.426. The van der Waals surface area contributed by atoms with E-state index >= 15 is 0 Å². The predicted octanol–water partition coefficient (Wildman–Crippen LogP) is 2.04. The number of anilines is 1. The second-order valence-electron chi connectivity index (χ2n) is 3.88. The molecule has 0 amide bonds. The van der Waals surface area contributed by atoms with Gasteiger partial charge in [0, 0.05) is 37.3 Å². The molecule has 0 saturated heterocycles. The normalized spacial score (nSPS) is 13.1. The Labute approximate surface area is 102 Å². The molecule has 0 fully saturated rings. The molecule has 1 rings (SSSR count). The Morgan fingerprint density at radius 2 is 2.38 bits per heavy atom. The number of hydrogen-bond acceptors (Lipinski definition) is 5. The molecule has 1 unspecified atom stereocenters. The van der Waals surface area contributed by atoms with Gasteiger partial charge in [-0.3, -0.25) is 4.90 Å². The third-order valence-electron chi connectivity index (χ3n) is 2.45. The van der Waals surface area contributed by atoms with Gasteiger partial charge in [0.05, 0.1) is 6.61 Å². The summed E-state index contributed by atoms with van der Waals surface area (Å²) in [6, 6.07) is 0.426. The van der Waals surface area contributed by atoms with E-state index in [2.05, 4.69) is 36.1 Å². The Morgan fingerprint density at radius 1 is 1.62 bits per heavy atom. The highest BCUT2D eigenvalue weighted by Gasteiger charge is 2.10. The number of methoxy groups -OCH3 is 1. The summed E-state index contributed by atoms with van der Waals surface area (Å²) in [6.07, 6.45) is 1.94. The highest BCUT2D eigenvalue weighted by atomic mass is 32.1. The number of hydrogen-bond donors (Lipinski definition) is 1. The van der Waals surface area contributed by atoms with Crippen molar-refractivity contribution in [2.45, 2.75) is 26.4 Å². The first-order valence-electron chi connectivity index (χ1n) is 5.55. The van der Waals surface area contributed by atoms with Crippen LogP contribution in [0, 0.1) is 0 Å². The maximum atomic E-state index is 5.14. The Balaban J connectivity index is 2.45. The number of rotatable bonds is 7. The zero-order valence-electron chi connectivity index (χ0n) is 10.5. The molecule has 0 aromatic carbocycles. The van der Waals surface area contributed by atoms with Crippen molar-refractivity contribution in [1.29, 1.82) is 0 Å². The van der Waals surface area contributed by atoms with E-state index < -0.39 is 0 Å². The third-order valence-corrected chi connectivity index (χ3v) is 3.39. The van der Waals surface area contributed by atoms with Gasteiger partial charge in [0.1, 0.15) is 0 Å². The fourth-order valence-corrected chi connectivity index (χ4v) is 2.33. The maximum absolute atomic E-state index is 5.14. The summed E-state index contributed by atoms with van der Waals surface area (Å²) in [5.41, 5.74) is 0. The Bertz CT molecular complexity index is 303. The first-order chi connectivity index (χ1) is 7.67. The lowest BCUT2D eigenvalue weighted by Crippen LogP contribution is -2.31. The minimum absolute atomic E-state index is 0.426. The van der Waals surface area contributed by atoms with Gasteiger partial charge in [0.25, 0.3) is 0 Å². The molecule has 0 radical (unpaired) electrons. The first-order valence-corrected chi connectivity index (χ1v) is 6.36. The molecule has 0 saturated carbocycles. The third kappa shape index (κ3) is 4.08. The molecule has 0 aliphatic rings. The quantitative estimate of drug-likeness (QED) is 0.795. The molecule has 0 aliphatic carbocycles. The van der Waals surface area contributed by atoms with Crippen molar-refractivity contribution < 1.29 is 4.74 Å². The molecule has 1 atom stereocenters. The van der Waals surface area contributed by atoms with Gasteiger partial charge < -0.3 is 10.1 Å². The van der Waals surface area contributed by atoms with Gasteiger partial charge in [-0.2, -0.15) is 0 Å². The van der Waals surface area contributed by atoms with Crippen LogP contribution < -0.4 is 5.32 Å². The van der Waals surface area contributed by atoms with Crippen LogP contribution in [0.25, 0.3) is 0 Å². The first kappa shape index (κ1) is 13.4. The highest BCUT2D eigenvalue weighted by molar-refractivity contribution is 7.15. The number of ether oxygens (including phenoxy) is 1. The Kier molecular flexibility index (Phi) is 5.73. The van der Waals surface area contributed by atoms with Crippen LogP contribution in [0.15, 0.2) is 6.20 Å². The van der Waals surface area contributed by atoms with Crippen LogP contribution >= 0.6 is 11.3 Å². The van der Waals surface area contributed by atoms with E-state index in [-0.39, 0.29) is 0 Å². The summed E-state index contributed by atoms with van der Waals surface area (Å²) < 4.78 is 5.14. The molecule has 16 heavy (non-hydrogen) atoms. The fraction of sp³-hybridized carbons (Fsp3) is 0.727. The summed E-state index contributed by atoms with van der Waals surface area (Å²) in [4.78, 5) is 7.86. The van der Waals surface area contributed by atoms with E-state index in [1.807, 2.05) is 6.20 Å². The lowest BCUT2D eigenvalue weighted by atomic mass is 10.3. The molecule has 1 N–H and O–H groups in total. The van der Waals surface area contributed by atoms with E-state index in [9.17, 15) is 0 Å². The van der Waals surface area contributed by atoms with Crippen molar-refractivity contribution in [3.05, 3.63) is 11.1 Å². The van der Waals surface area contributed by atoms with Gasteiger partial charge in [-0.05, 0) is 20.9 Å². The van der Waals surface area contributed by atoms with Crippen LogP contribution in [-0.4, -0.2) is 43.2 Å². The number of nitrogens with one attached hydrogen (secondary N) is 1. The molecule has 1 aromatic rings. The predicted molar refractivity (Wildman–Crippen MR) is 69.1 cm³/mol. The van der Waals surface area contributed by atoms with Crippen molar-refractivity contribution in [1.82, 2.24) is 9.88 Å². The summed E-state index contributed by atoms with van der Waals surface area (Å²) in [5, 5.41) is 4.22. The molecule has 1 aromatic heterocycles. The zero-order valence-corrected chi connectivity index (χ0v) is 11.3. The SMILES string of the molecule is CCNc1ncc(CN(C)C(C)COC)s1. The van der Waals surface area contributed by atoms with Crippen LogP contribution in [-0.2, 0) is 11.3 Å². The number of likely N-dealkylation sites (N-methyl/N-ethyl adjacent to an activating group) is 1. The molecule has 4 nitrogen and oxygen atoms in total. The molecule has 5 heteroatoms. The van der Waals surface area contributed by atoms with Gasteiger partial charge in [0.15, 0.2) is 5.13 Å². The average molecular weight is 243 g/mol. The molecule has 0 bridgehead atoms. The molecule has 92 valence electrons. The molecular weight excluding hydrogens is 222 g/mol. The van der Waals surface area contributed by atoms with Crippen molar-refractivity contribution in [2.75, 3.05) is 32.6 Å². The highest BCUT2D eigenvalue weighted by Crippen LogP contribution is 2.19. The maximum Gasteiger partial charge on any atom is 0.182 e. The Morgan fingerprint density at radius 3 is 3.00 bits per heavy atom. The number of thiazole rings is 1. The average Bonchev–Trinajstić information content (AvgIpc) is 2.66. The van der Waals surface area contributed by atoms with Gasteiger partial charge >= 0.3 is 0 Å². The lowest BCUT2D eigenvalue weighted by molar-refractivity contribution is 0.112. The second kappa shape index (κ2) is 6.83. The second-order valence-corrected chi connectivity index (χ2v) is 5.00. The van der Waals surface area contributed by atoms with E-state index in [4.69, 9.17) is 4.74 Å². The van der Waals surface area contributed by atoms with Crippen molar-refractivity contribution in [3.8, 4) is 0 Å². The minimum Gasteiger partial charge on any atom is -0.383 e. The Hall–Kier alpha value is -0.650. The van der Waals surface area contributed by atoms with Crippen molar-refractivity contribution >= 4 is 16.5 Å². The smallest absolute Gasteiger partial charge is 0.182 e. The summed E-state index contributed by atoms with van der Waals surface area (Å²) in [7, 11) is 3.84. The van der Waals surface area contributed by atoms with Crippen LogP contribution in [0.1, 0.15) is 18.7 Å². The summed E-state index contributed by atoms with van der Waals surface area (Å²) in [5.74, 6) is 0. The van der Waals surface area contributed by atoms with Gasteiger partial charge in [-0.15, -0.1) is 11.3 Å². The van der Waals surface area contributed by atoms with E-state index in [0.717, 1.165) is 24.8 Å². The largest absolute Gasteiger partial charge is 0.383 e. The van der Waals surface area contributed by atoms with Crippen molar-refractivity contribution in [3.63, 3.8) is 0 Å². The molecule has 0 spiro atoms. The van der Waals surface area contributed by atoms with E-state index in [1.165, 1.54) is 4.88 Å². The molecule has 0 aliphatic heterocycles. The number of aromatic nitrogens is 1. The van der Waals surface area contributed by atoms with Crippen LogP contribution in [0.5, 0.6) is 0 Å². The van der Waals surface area contributed by atoms with E-state index in [0.29, 0.717) is 6.04 Å². The van der Waals surface area contributed by atoms with Crippen molar-refractivity contribution in [2.24, 2.45) is 0 Å². The monoisotopic (exact) mass is 243 g/mol. The molecule has 1 heterocycles. The fourth-order valence-electron chi connectivity index (χ4n) is 1.38. The summed E-state index contributed by atoms with van der Waals surface area (Å²) >= 11 is 1.72. The number of nitrogens with zero attached hydrogens (tertiary/aromatic N) is 2. The zero-order chi connectivity index (χ0) is 12.0. The van der Waals surface area contributed by atoms with Gasteiger partial charge in [-0.25, -0.2) is 4.98 Å². The van der Waals surface area contributed by atoms with Crippen LogP contribution in [0.3, 0.4) is 0 Å². The van der Waals surface area contributed by atoms with Gasteiger partial charge in [0.2, 0.25) is 0 Å².